The second-order valence-electron chi connectivity index (χ2n) is 5.23. The van der Waals surface area contributed by atoms with Gasteiger partial charge in [-0.3, -0.25) is 0 Å². The number of fused-ring (bicyclic) bond motifs is 1. The molecule has 14 heavy (non-hydrogen) atoms. The molecule has 0 radical (unpaired) electrons. The Morgan fingerprint density at radius 3 is 2.57 bits per heavy atom. The first kappa shape index (κ1) is 9.57. The second-order valence-corrected chi connectivity index (χ2v) is 5.23. The largest absolute Gasteiger partial charge is 0.489 e. The summed E-state index contributed by atoms with van der Waals surface area (Å²) in [6.45, 7) is 8.86. The molecule has 76 valence electrons. The first-order chi connectivity index (χ1) is 6.48. The van der Waals surface area contributed by atoms with Gasteiger partial charge in [0.15, 0.2) is 0 Å². The lowest BCUT2D eigenvalue weighted by Gasteiger charge is -2.25. The van der Waals surface area contributed by atoms with Crippen LogP contribution in [0.25, 0.3) is 0 Å². The highest BCUT2D eigenvalue weighted by Crippen LogP contribution is 2.37. The van der Waals surface area contributed by atoms with Crippen molar-refractivity contribution in [3.63, 3.8) is 0 Å². The number of ether oxygens (including phenoxy) is 1. The summed E-state index contributed by atoms with van der Waals surface area (Å²) in [5.74, 6) is 1.09. The molecular formula is C13H18O. The third-order valence-electron chi connectivity index (χ3n) is 2.99. The van der Waals surface area contributed by atoms with Gasteiger partial charge in [-0.15, -0.1) is 0 Å². The van der Waals surface area contributed by atoms with Crippen LogP contribution in [0.15, 0.2) is 18.2 Å². The van der Waals surface area contributed by atoms with Crippen molar-refractivity contribution in [1.29, 1.82) is 0 Å². The number of hydrogen-bond donors (Lipinski definition) is 0. The third-order valence-corrected chi connectivity index (χ3v) is 2.99. The predicted molar refractivity (Wildman–Crippen MR) is 58.8 cm³/mol. The molecule has 1 aromatic rings. The quantitative estimate of drug-likeness (QED) is 0.609. The summed E-state index contributed by atoms with van der Waals surface area (Å²) in [4.78, 5) is 0. The number of aryl methyl sites for hydroxylation is 1. The molecule has 0 saturated heterocycles. The highest BCUT2D eigenvalue weighted by Gasteiger charge is 2.33. The lowest BCUT2D eigenvalue weighted by Crippen LogP contribution is -2.30. The topological polar surface area (TPSA) is 9.23 Å². The van der Waals surface area contributed by atoms with Gasteiger partial charge in [0.05, 0.1) is 0 Å². The van der Waals surface area contributed by atoms with Gasteiger partial charge >= 0.3 is 0 Å². The molecule has 0 fully saturated rings. The van der Waals surface area contributed by atoms with E-state index in [4.69, 9.17) is 4.74 Å². The molecule has 1 heteroatoms. The zero-order valence-corrected chi connectivity index (χ0v) is 9.42. The van der Waals surface area contributed by atoms with E-state index in [0.717, 1.165) is 12.2 Å². The van der Waals surface area contributed by atoms with Crippen LogP contribution in [0.1, 0.15) is 31.9 Å². The molecule has 0 aliphatic carbocycles. The predicted octanol–water partition coefficient (Wildman–Crippen LogP) is 3.34. The minimum absolute atomic E-state index is 0.228. The number of hydrogen-bond acceptors (Lipinski definition) is 1. The van der Waals surface area contributed by atoms with Gasteiger partial charge < -0.3 is 4.74 Å². The first-order valence-electron chi connectivity index (χ1n) is 5.23. The smallest absolute Gasteiger partial charge is 0.123 e. The van der Waals surface area contributed by atoms with E-state index in [9.17, 15) is 0 Å². The van der Waals surface area contributed by atoms with Crippen LogP contribution in [0.2, 0.25) is 0 Å². The van der Waals surface area contributed by atoms with Crippen molar-refractivity contribution in [2.45, 2.75) is 40.2 Å². The van der Waals surface area contributed by atoms with Crippen molar-refractivity contribution in [1.82, 2.24) is 0 Å². The standard InChI is InChI=1S/C13H18O/c1-9-6-5-7-11-10(9)8-12(14-11)13(2,3)4/h5-7,12H,8H2,1-4H3. The van der Waals surface area contributed by atoms with E-state index in [1.807, 2.05) is 0 Å². The summed E-state index contributed by atoms with van der Waals surface area (Å²) in [7, 11) is 0. The maximum atomic E-state index is 5.95. The van der Waals surface area contributed by atoms with Gasteiger partial charge in [-0.25, -0.2) is 0 Å². The summed E-state index contributed by atoms with van der Waals surface area (Å²) >= 11 is 0. The molecule has 1 nitrogen and oxygen atoms in total. The fourth-order valence-electron chi connectivity index (χ4n) is 1.91. The zero-order chi connectivity index (χ0) is 10.3. The van der Waals surface area contributed by atoms with Crippen molar-refractivity contribution in [3.8, 4) is 5.75 Å². The number of benzene rings is 1. The molecular weight excluding hydrogens is 172 g/mol. The maximum absolute atomic E-state index is 5.95. The fourth-order valence-corrected chi connectivity index (χ4v) is 1.91. The van der Waals surface area contributed by atoms with E-state index in [1.54, 1.807) is 0 Å². The Morgan fingerprint density at radius 1 is 1.29 bits per heavy atom. The van der Waals surface area contributed by atoms with Crippen LogP contribution >= 0.6 is 0 Å². The molecule has 1 unspecified atom stereocenters. The zero-order valence-electron chi connectivity index (χ0n) is 9.42. The van der Waals surface area contributed by atoms with Crippen LogP contribution in [0.5, 0.6) is 5.75 Å². The fraction of sp³-hybridized carbons (Fsp3) is 0.538. The van der Waals surface area contributed by atoms with E-state index in [0.29, 0.717) is 6.10 Å². The van der Waals surface area contributed by atoms with Crippen LogP contribution in [-0.4, -0.2) is 6.10 Å². The van der Waals surface area contributed by atoms with Crippen LogP contribution in [-0.2, 0) is 6.42 Å². The Balaban J connectivity index is 2.31. The van der Waals surface area contributed by atoms with E-state index >= 15 is 0 Å². The lowest BCUT2D eigenvalue weighted by molar-refractivity contribution is 0.109. The van der Waals surface area contributed by atoms with Gasteiger partial charge in [0.1, 0.15) is 11.9 Å². The van der Waals surface area contributed by atoms with Gasteiger partial charge in [-0.05, 0) is 24.0 Å². The van der Waals surface area contributed by atoms with Gasteiger partial charge in [-0.2, -0.15) is 0 Å². The molecule has 1 aromatic carbocycles. The van der Waals surface area contributed by atoms with E-state index < -0.39 is 0 Å². The molecule has 0 bridgehead atoms. The van der Waals surface area contributed by atoms with Gasteiger partial charge in [-0.1, -0.05) is 32.9 Å². The second kappa shape index (κ2) is 3.01. The van der Waals surface area contributed by atoms with Gasteiger partial charge in [0, 0.05) is 12.0 Å². The van der Waals surface area contributed by atoms with Crippen molar-refractivity contribution in [2.75, 3.05) is 0 Å². The Bertz CT molecular complexity index is 347. The third kappa shape index (κ3) is 1.52. The van der Waals surface area contributed by atoms with Crippen LogP contribution in [0.3, 0.4) is 0 Å². The highest BCUT2D eigenvalue weighted by molar-refractivity contribution is 5.43. The summed E-state index contributed by atoms with van der Waals surface area (Å²) in [5.41, 5.74) is 2.98. The van der Waals surface area contributed by atoms with E-state index in [1.165, 1.54) is 11.1 Å². The molecule has 1 aliphatic heterocycles. The van der Waals surface area contributed by atoms with Crippen molar-refractivity contribution in [2.24, 2.45) is 5.41 Å². The molecule has 0 aromatic heterocycles. The molecule has 0 amide bonds. The van der Waals surface area contributed by atoms with E-state index in [-0.39, 0.29) is 5.41 Å². The maximum Gasteiger partial charge on any atom is 0.123 e. The summed E-state index contributed by atoms with van der Waals surface area (Å²) in [6.07, 6.45) is 1.39. The Labute approximate surface area is 86.1 Å². The van der Waals surface area contributed by atoms with Crippen LogP contribution in [0, 0.1) is 12.3 Å². The average molecular weight is 190 g/mol. The van der Waals surface area contributed by atoms with E-state index in [2.05, 4.69) is 45.9 Å². The molecule has 1 heterocycles. The van der Waals surface area contributed by atoms with Crippen LogP contribution < -0.4 is 4.74 Å². The van der Waals surface area contributed by atoms with Crippen molar-refractivity contribution in [3.05, 3.63) is 29.3 Å². The van der Waals surface area contributed by atoms with Gasteiger partial charge in [0.25, 0.3) is 0 Å². The molecule has 0 N–H and O–H groups in total. The Morgan fingerprint density at radius 2 is 2.00 bits per heavy atom. The Hall–Kier alpha value is -0.980. The van der Waals surface area contributed by atoms with Crippen molar-refractivity contribution < 1.29 is 4.74 Å². The Kier molecular flexibility index (Phi) is 2.06. The molecule has 1 aliphatic rings. The van der Waals surface area contributed by atoms with Gasteiger partial charge in [0.2, 0.25) is 0 Å². The molecule has 1 atom stereocenters. The average Bonchev–Trinajstić information content (AvgIpc) is 2.48. The lowest BCUT2D eigenvalue weighted by atomic mass is 9.86. The minimum atomic E-state index is 0.228. The summed E-state index contributed by atoms with van der Waals surface area (Å²) < 4.78 is 5.95. The SMILES string of the molecule is Cc1cccc2c1CC(C(C)(C)C)O2. The molecule has 2 rings (SSSR count). The normalized spacial score (nSPS) is 20.4. The van der Waals surface area contributed by atoms with Crippen molar-refractivity contribution >= 4 is 0 Å². The summed E-state index contributed by atoms with van der Waals surface area (Å²) in [6, 6.07) is 6.31. The monoisotopic (exact) mass is 190 g/mol. The van der Waals surface area contributed by atoms with Crippen LogP contribution in [0.4, 0.5) is 0 Å². The minimum Gasteiger partial charge on any atom is -0.489 e. The number of rotatable bonds is 0. The summed E-state index contributed by atoms with van der Waals surface area (Å²) in [5, 5.41) is 0. The highest BCUT2D eigenvalue weighted by atomic mass is 16.5. The molecule has 0 spiro atoms. The first-order valence-corrected chi connectivity index (χ1v) is 5.23. The molecule has 0 saturated carbocycles.